The third kappa shape index (κ3) is 1.84. The molecule has 1 N–H and O–H groups in total. The molecular weight excluding hydrogens is 196 g/mol. The van der Waals surface area contributed by atoms with Crippen LogP contribution in [0.2, 0.25) is 0 Å². The van der Waals surface area contributed by atoms with Gasteiger partial charge in [-0.2, -0.15) is 0 Å². The van der Waals surface area contributed by atoms with Gasteiger partial charge in [0.1, 0.15) is 5.84 Å². The van der Waals surface area contributed by atoms with Gasteiger partial charge in [0.15, 0.2) is 0 Å². The molecule has 1 heterocycles. The van der Waals surface area contributed by atoms with Crippen LogP contribution in [0.25, 0.3) is 0 Å². The number of rotatable bonds is 0. The van der Waals surface area contributed by atoms with Gasteiger partial charge in [-0.15, -0.1) is 0 Å². The number of fused-ring (bicyclic) bond motifs is 1. The van der Waals surface area contributed by atoms with Gasteiger partial charge in [0.25, 0.3) is 0 Å². The molecule has 2 nitrogen and oxygen atoms in total. The summed E-state index contributed by atoms with van der Waals surface area (Å²) in [6.45, 7) is 11.0. The van der Waals surface area contributed by atoms with Gasteiger partial charge in [0, 0.05) is 11.0 Å². The molecule has 0 saturated heterocycles. The van der Waals surface area contributed by atoms with Crippen LogP contribution in [-0.4, -0.2) is 5.84 Å². The van der Waals surface area contributed by atoms with Gasteiger partial charge < -0.3 is 5.32 Å². The van der Waals surface area contributed by atoms with Crippen molar-refractivity contribution in [2.24, 2.45) is 10.4 Å². The van der Waals surface area contributed by atoms with Gasteiger partial charge in [0.05, 0.1) is 11.2 Å². The molecule has 1 aliphatic rings. The monoisotopic (exact) mass is 216 g/mol. The predicted molar refractivity (Wildman–Crippen MR) is 69.2 cm³/mol. The molecule has 0 atom stereocenters. The number of hydrogen-bond donors (Lipinski definition) is 1. The zero-order valence-electron chi connectivity index (χ0n) is 10.8. The standard InChI is InChI=1S/C14H20N2/c1-13(2,3)12-15-11-9-7-6-8-10(11)14(4,5)16-12/h6-9H,1-5H3,(H,15,16). The third-order valence-electron chi connectivity index (χ3n) is 2.95. The van der Waals surface area contributed by atoms with Gasteiger partial charge in [-0.1, -0.05) is 39.0 Å². The summed E-state index contributed by atoms with van der Waals surface area (Å²) in [5, 5.41) is 3.54. The molecule has 0 saturated carbocycles. The number of hydrogen-bond acceptors (Lipinski definition) is 2. The molecule has 0 aliphatic carbocycles. The number of para-hydroxylation sites is 1. The maximum absolute atomic E-state index is 4.72. The average Bonchev–Trinajstić information content (AvgIpc) is 2.15. The maximum atomic E-state index is 4.72. The second-order valence-corrected chi connectivity index (χ2v) is 5.98. The summed E-state index contributed by atoms with van der Waals surface area (Å²) < 4.78 is 0. The number of amidine groups is 1. The predicted octanol–water partition coefficient (Wildman–Crippen LogP) is 3.60. The highest BCUT2D eigenvalue weighted by Gasteiger charge is 2.32. The number of aliphatic imine (C=N–C) groups is 1. The second-order valence-electron chi connectivity index (χ2n) is 5.98. The summed E-state index contributed by atoms with van der Waals surface area (Å²) in [6, 6.07) is 8.35. The van der Waals surface area contributed by atoms with Gasteiger partial charge in [-0.25, -0.2) is 4.99 Å². The van der Waals surface area contributed by atoms with Crippen LogP contribution in [0.4, 0.5) is 5.69 Å². The van der Waals surface area contributed by atoms with Crippen molar-refractivity contribution in [3.63, 3.8) is 0 Å². The molecule has 1 aromatic rings. The van der Waals surface area contributed by atoms with E-state index in [9.17, 15) is 0 Å². The van der Waals surface area contributed by atoms with E-state index in [0.29, 0.717) is 0 Å². The molecule has 86 valence electrons. The van der Waals surface area contributed by atoms with Gasteiger partial charge in [-0.3, -0.25) is 0 Å². The van der Waals surface area contributed by atoms with Crippen LogP contribution in [0.3, 0.4) is 0 Å². The lowest BCUT2D eigenvalue weighted by atomic mass is 9.86. The normalized spacial score (nSPS) is 18.4. The summed E-state index contributed by atoms with van der Waals surface area (Å²) >= 11 is 0. The molecule has 0 amide bonds. The van der Waals surface area contributed by atoms with Crippen LogP contribution in [0.1, 0.15) is 40.2 Å². The Hall–Kier alpha value is -1.31. The summed E-state index contributed by atoms with van der Waals surface area (Å²) in [6.07, 6.45) is 0. The lowest BCUT2D eigenvalue weighted by Crippen LogP contribution is -2.48. The molecule has 0 radical (unpaired) electrons. The van der Waals surface area contributed by atoms with E-state index in [4.69, 9.17) is 4.99 Å². The van der Waals surface area contributed by atoms with Crippen LogP contribution in [0.15, 0.2) is 29.3 Å². The van der Waals surface area contributed by atoms with Crippen molar-refractivity contribution >= 4 is 11.5 Å². The smallest absolute Gasteiger partial charge is 0.108 e. The van der Waals surface area contributed by atoms with Crippen LogP contribution >= 0.6 is 0 Å². The first-order valence-electron chi connectivity index (χ1n) is 5.77. The lowest BCUT2D eigenvalue weighted by molar-refractivity contribution is 0.440. The SMILES string of the molecule is CC(C)(C)C1=Nc2ccccc2C(C)(C)N1. The van der Waals surface area contributed by atoms with Gasteiger partial charge >= 0.3 is 0 Å². The van der Waals surface area contributed by atoms with Crippen LogP contribution < -0.4 is 5.32 Å². The summed E-state index contributed by atoms with van der Waals surface area (Å²) in [7, 11) is 0. The number of nitrogens with one attached hydrogen (secondary N) is 1. The minimum atomic E-state index is -0.0407. The Morgan fingerprint density at radius 2 is 1.75 bits per heavy atom. The summed E-state index contributed by atoms with van der Waals surface area (Å²) in [4.78, 5) is 4.72. The van der Waals surface area contributed by atoms with Gasteiger partial charge in [0.2, 0.25) is 0 Å². The Balaban J connectivity index is 2.56. The minimum Gasteiger partial charge on any atom is -0.364 e. The first-order valence-corrected chi connectivity index (χ1v) is 5.77. The number of nitrogens with zero attached hydrogens (tertiary/aromatic N) is 1. The zero-order valence-corrected chi connectivity index (χ0v) is 10.8. The molecule has 0 unspecified atom stereocenters. The van der Waals surface area contributed by atoms with Crippen LogP contribution in [-0.2, 0) is 5.54 Å². The molecular formula is C14H20N2. The Morgan fingerprint density at radius 1 is 1.12 bits per heavy atom. The van der Waals surface area contributed by atoms with E-state index in [0.717, 1.165) is 11.5 Å². The Morgan fingerprint density at radius 3 is 2.38 bits per heavy atom. The largest absolute Gasteiger partial charge is 0.364 e. The first kappa shape index (κ1) is 11.2. The fourth-order valence-corrected chi connectivity index (χ4v) is 1.97. The fraction of sp³-hybridized carbons (Fsp3) is 0.500. The van der Waals surface area contributed by atoms with Crippen molar-refractivity contribution in [2.75, 3.05) is 0 Å². The fourth-order valence-electron chi connectivity index (χ4n) is 1.97. The lowest BCUT2D eigenvalue weighted by Gasteiger charge is -2.38. The van der Waals surface area contributed by atoms with E-state index in [2.05, 4.69) is 58.1 Å². The van der Waals surface area contributed by atoms with E-state index in [-0.39, 0.29) is 11.0 Å². The molecule has 1 aliphatic heterocycles. The molecule has 2 heteroatoms. The molecule has 0 aromatic heterocycles. The Labute approximate surface area is 97.8 Å². The van der Waals surface area contributed by atoms with Crippen molar-refractivity contribution in [3.8, 4) is 0 Å². The van der Waals surface area contributed by atoms with E-state index in [1.54, 1.807) is 0 Å². The topological polar surface area (TPSA) is 24.4 Å². The second kappa shape index (κ2) is 3.34. The third-order valence-corrected chi connectivity index (χ3v) is 2.95. The molecule has 0 fully saturated rings. The van der Waals surface area contributed by atoms with Crippen LogP contribution in [0.5, 0.6) is 0 Å². The van der Waals surface area contributed by atoms with E-state index >= 15 is 0 Å². The minimum absolute atomic E-state index is 0.0407. The highest BCUT2D eigenvalue weighted by molar-refractivity contribution is 5.92. The highest BCUT2D eigenvalue weighted by atomic mass is 15.1. The van der Waals surface area contributed by atoms with Crippen molar-refractivity contribution in [1.82, 2.24) is 5.32 Å². The van der Waals surface area contributed by atoms with Gasteiger partial charge in [-0.05, 0) is 19.9 Å². The summed E-state index contributed by atoms with van der Waals surface area (Å²) in [5.41, 5.74) is 2.38. The molecule has 1 aromatic carbocycles. The Bertz CT molecular complexity index is 436. The van der Waals surface area contributed by atoms with Crippen LogP contribution in [0, 0.1) is 5.41 Å². The average molecular weight is 216 g/mol. The molecule has 16 heavy (non-hydrogen) atoms. The quantitative estimate of drug-likeness (QED) is 0.704. The van der Waals surface area contributed by atoms with E-state index in [1.165, 1.54) is 5.56 Å². The van der Waals surface area contributed by atoms with Crippen molar-refractivity contribution in [1.29, 1.82) is 0 Å². The van der Waals surface area contributed by atoms with Crippen molar-refractivity contribution in [3.05, 3.63) is 29.8 Å². The summed E-state index contributed by atoms with van der Waals surface area (Å²) in [5.74, 6) is 1.07. The first-order chi connectivity index (χ1) is 7.31. The van der Waals surface area contributed by atoms with Crippen molar-refractivity contribution < 1.29 is 0 Å². The molecule has 0 spiro atoms. The van der Waals surface area contributed by atoms with E-state index in [1.807, 2.05) is 6.07 Å². The zero-order chi connectivity index (χ0) is 12.0. The maximum Gasteiger partial charge on any atom is 0.108 e. The van der Waals surface area contributed by atoms with E-state index < -0.39 is 0 Å². The number of benzene rings is 1. The molecule has 2 rings (SSSR count). The Kier molecular flexibility index (Phi) is 2.33. The van der Waals surface area contributed by atoms with Crippen molar-refractivity contribution in [2.45, 2.75) is 40.2 Å². The molecule has 0 bridgehead atoms. The highest BCUT2D eigenvalue weighted by Crippen LogP contribution is 2.35.